The SMILES string of the molecule is O=C(NC1(CO)CCSCC1)c1cc(F)cc(C(F)(F)F)c1. The van der Waals surface area contributed by atoms with Gasteiger partial charge in [-0.25, -0.2) is 4.39 Å². The van der Waals surface area contributed by atoms with Crippen molar-refractivity contribution in [2.24, 2.45) is 0 Å². The Morgan fingerprint density at radius 2 is 1.91 bits per heavy atom. The Kier molecular flexibility index (Phi) is 5.01. The number of thioether (sulfide) groups is 1. The van der Waals surface area contributed by atoms with E-state index in [1.807, 2.05) is 0 Å². The molecule has 0 radical (unpaired) electrons. The minimum absolute atomic E-state index is 0.305. The molecule has 1 aliphatic heterocycles. The van der Waals surface area contributed by atoms with Crippen LogP contribution in [0.4, 0.5) is 17.6 Å². The molecule has 2 N–H and O–H groups in total. The Morgan fingerprint density at radius 1 is 1.27 bits per heavy atom. The third kappa shape index (κ3) is 3.92. The molecule has 0 unspecified atom stereocenters. The molecule has 0 aliphatic carbocycles. The van der Waals surface area contributed by atoms with Crippen molar-refractivity contribution in [1.82, 2.24) is 5.32 Å². The molecule has 8 heteroatoms. The van der Waals surface area contributed by atoms with Crippen LogP contribution in [0.3, 0.4) is 0 Å². The molecule has 1 saturated heterocycles. The van der Waals surface area contributed by atoms with Gasteiger partial charge < -0.3 is 10.4 Å². The first-order valence-corrected chi connectivity index (χ1v) is 7.80. The Hall–Kier alpha value is -1.28. The monoisotopic (exact) mass is 337 g/mol. The Labute approximate surface area is 129 Å². The van der Waals surface area contributed by atoms with Crippen LogP contribution in [0.15, 0.2) is 18.2 Å². The van der Waals surface area contributed by atoms with Crippen molar-refractivity contribution in [2.75, 3.05) is 18.1 Å². The molecule has 22 heavy (non-hydrogen) atoms. The zero-order valence-electron chi connectivity index (χ0n) is 11.5. The quantitative estimate of drug-likeness (QED) is 0.834. The number of alkyl halides is 3. The van der Waals surface area contributed by atoms with Crippen molar-refractivity contribution in [2.45, 2.75) is 24.6 Å². The van der Waals surface area contributed by atoms with E-state index < -0.39 is 34.6 Å². The normalized spacial score (nSPS) is 18.0. The van der Waals surface area contributed by atoms with Gasteiger partial charge in [0.15, 0.2) is 0 Å². The maximum absolute atomic E-state index is 13.3. The van der Waals surface area contributed by atoms with E-state index in [2.05, 4.69) is 5.32 Å². The minimum Gasteiger partial charge on any atom is -0.394 e. The van der Waals surface area contributed by atoms with Crippen LogP contribution in [0.2, 0.25) is 0 Å². The first-order valence-electron chi connectivity index (χ1n) is 6.65. The molecule has 0 bridgehead atoms. The fraction of sp³-hybridized carbons (Fsp3) is 0.500. The second-order valence-corrected chi connectivity index (χ2v) is 6.46. The fourth-order valence-corrected chi connectivity index (χ4v) is 3.56. The van der Waals surface area contributed by atoms with Crippen molar-refractivity contribution in [1.29, 1.82) is 0 Å². The molecule has 1 fully saturated rings. The molecule has 1 aromatic rings. The summed E-state index contributed by atoms with van der Waals surface area (Å²) >= 11 is 1.67. The van der Waals surface area contributed by atoms with Gasteiger partial charge in [-0.2, -0.15) is 24.9 Å². The summed E-state index contributed by atoms with van der Waals surface area (Å²) in [6.07, 6.45) is -3.70. The molecular formula is C14H15F4NO2S. The zero-order chi connectivity index (χ0) is 16.4. The zero-order valence-corrected chi connectivity index (χ0v) is 12.4. The molecule has 0 saturated carbocycles. The van der Waals surface area contributed by atoms with E-state index >= 15 is 0 Å². The number of amides is 1. The van der Waals surface area contributed by atoms with Gasteiger partial charge in [-0.3, -0.25) is 4.79 Å². The average molecular weight is 337 g/mol. The Balaban J connectivity index is 2.24. The maximum Gasteiger partial charge on any atom is 0.416 e. The molecule has 1 aliphatic rings. The molecule has 2 rings (SSSR count). The minimum atomic E-state index is -4.73. The van der Waals surface area contributed by atoms with Crippen molar-refractivity contribution in [3.05, 3.63) is 35.1 Å². The number of halogens is 4. The van der Waals surface area contributed by atoms with Crippen LogP contribution in [0, 0.1) is 5.82 Å². The lowest BCUT2D eigenvalue weighted by Crippen LogP contribution is -2.53. The highest BCUT2D eigenvalue weighted by molar-refractivity contribution is 7.99. The smallest absolute Gasteiger partial charge is 0.394 e. The van der Waals surface area contributed by atoms with E-state index in [0.717, 1.165) is 17.6 Å². The summed E-state index contributed by atoms with van der Waals surface area (Å²) in [7, 11) is 0. The van der Waals surface area contributed by atoms with Crippen molar-refractivity contribution < 1.29 is 27.5 Å². The van der Waals surface area contributed by atoms with Crippen LogP contribution < -0.4 is 5.32 Å². The lowest BCUT2D eigenvalue weighted by Gasteiger charge is -2.36. The fourth-order valence-electron chi connectivity index (χ4n) is 2.28. The average Bonchev–Trinajstić information content (AvgIpc) is 2.46. The number of aliphatic hydroxyl groups excluding tert-OH is 1. The van der Waals surface area contributed by atoms with Gasteiger partial charge >= 0.3 is 6.18 Å². The maximum atomic E-state index is 13.3. The molecule has 0 aromatic heterocycles. The van der Waals surface area contributed by atoms with Gasteiger partial charge in [0.2, 0.25) is 0 Å². The van der Waals surface area contributed by atoms with Crippen LogP contribution in [0.25, 0.3) is 0 Å². The first kappa shape index (κ1) is 17.1. The molecule has 3 nitrogen and oxygen atoms in total. The van der Waals surface area contributed by atoms with Gasteiger partial charge in [0.05, 0.1) is 17.7 Å². The van der Waals surface area contributed by atoms with E-state index in [4.69, 9.17) is 0 Å². The number of benzene rings is 1. The number of aliphatic hydroxyl groups is 1. The van der Waals surface area contributed by atoms with Gasteiger partial charge in [-0.05, 0) is 42.5 Å². The Bertz CT molecular complexity index is 556. The number of rotatable bonds is 3. The summed E-state index contributed by atoms with van der Waals surface area (Å²) in [5, 5.41) is 12.1. The summed E-state index contributed by atoms with van der Waals surface area (Å²) in [5.41, 5.74) is -2.47. The van der Waals surface area contributed by atoms with Gasteiger partial charge in [0.25, 0.3) is 5.91 Å². The highest BCUT2D eigenvalue weighted by Gasteiger charge is 2.35. The molecule has 122 valence electrons. The van der Waals surface area contributed by atoms with Gasteiger partial charge in [0, 0.05) is 5.56 Å². The first-order chi connectivity index (χ1) is 10.3. The number of hydrogen-bond donors (Lipinski definition) is 2. The van der Waals surface area contributed by atoms with Gasteiger partial charge in [0.1, 0.15) is 5.82 Å². The third-order valence-corrected chi connectivity index (χ3v) is 4.60. The summed E-state index contributed by atoms with van der Waals surface area (Å²) in [6, 6.07) is 1.71. The van der Waals surface area contributed by atoms with E-state index in [9.17, 15) is 27.5 Å². The summed E-state index contributed by atoms with van der Waals surface area (Å²) in [4.78, 5) is 12.1. The highest BCUT2D eigenvalue weighted by atomic mass is 32.2. The largest absolute Gasteiger partial charge is 0.416 e. The van der Waals surface area contributed by atoms with Crippen LogP contribution in [0.1, 0.15) is 28.8 Å². The summed E-state index contributed by atoms with van der Waals surface area (Å²) in [6.45, 7) is -0.305. The van der Waals surface area contributed by atoms with Crippen LogP contribution >= 0.6 is 11.8 Å². The van der Waals surface area contributed by atoms with Gasteiger partial charge in [-0.15, -0.1) is 0 Å². The third-order valence-electron chi connectivity index (χ3n) is 3.62. The molecule has 0 atom stereocenters. The standard InChI is InChI=1S/C14H15F4NO2S/c15-11-6-9(5-10(7-11)14(16,17)18)12(21)19-13(8-20)1-3-22-4-2-13/h5-7,20H,1-4,8H2,(H,19,21). The molecule has 1 heterocycles. The molecule has 1 amide bonds. The lowest BCUT2D eigenvalue weighted by atomic mass is 9.92. The van der Waals surface area contributed by atoms with E-state index in [0.29, 0.717) is 25.0 Å². The number of carbonyl (C=O) groups is 1. The molecule has 0 spiro atoms. The predicted octanol–water partition coefficient (Wildman–Crippen LogP) is 2.83. The van der Waals surface area contributed by atoms with Crippen LogP contribution in [-0.2, 0) is 6.18 Å². The molecular weight excluding hydrogens is 322 g/mol. The topological polar surface area (TPSA) is 49.3 Å². The van der Waals surface area contributed by atoms with Crippen molar-refractivity contribution in [3.63, 3.8) is 0 Å². The highest BCUT2D eigenvalue weighted by Crippen LogP contribution is 2.31. The van der Waals surface area contributed by atoms with E-state index in [1.165, 1.54) is 0 Å². The van der Waals surface area contributed by atoms with Crippen LogP contribution in [0.5, 0.6) is 0 Å². The van der Waals surface area contributed by atoms with Crippen molar-refractivity contribution >= 4 is 17.7 Å². The van der Waals surface area contributed by atoms with Crippen molar-refractivity contribution in [3.8, 4) is 0 Å². The number of carbonyl (C=O) groups excluding carboxylic acids is 1. The van der Waals surface area contributed by atoms with E-state index in [1.54, 1.807) is 11.8 Å². The second kappa shape index (κ2) is 6.45. The van der Waals surface area contributed by atoms with Crippen LogP contribution in [-0.4, -0.2) is 34.7 Å². The predicted molar refractivity (Wildman–Crippen MR) is 75.2 cm³/mol. The Morgan fingerprint density at radius 3 is 2.45 bits per heavy atom. The number of hydrogen-bond acceptors (Lipinski definition) is 3. The molecule has 1 aromatic carbocycles. The van der Waals surface area contributed by atoms with E-state index in [-0.39, 0.29) is 6.61 Å². The summed E-state index contributed by atoms with van der Waals surface area (Å²) in [5.74, 6) is -0.474. The second-order valence-electron chi connectivity index (χ2n) is 5.23. The lowest BCUT2D eigenvalue weighted by molar-refractivity contribution is -0.137. The van der Waals surface area contributed by atoms with Gasteiger partial charge in [-0.1, -0.05) is 0 Å². The summed E-state index contributed by atoms with van der Waals surface area (Å²) < 4.78 is 51.4. The number of nitrogens with one attached hydrogen (secondary N) is 1.